The van der Waals surface area contributed by atoms with Gasteiger partial charge in [-0.1, -0.05) is 77.4 Å². The number of nitrogens with zero attached hydrogens (tertiary/aromatic N) is 6. The van der Waals surface area contributed by atoms with Crippen LogP contribution < -0.4 is 47.1 Å². The molecule has 0 unspecified atom stereocenters. The zero-order valence-corrected chi connectivity index (χ0v) is 44.5. The van der Waals surface area contributed by atoms with Crippen molar-refractivity contribution in [3.63, 3.8) is 0 Å². The summed E-state index contributed by atoms with van der Waals surface area (Å²) in [6.45, 7) is 14.2. The lowest BCUT2D eigenvalue weighted by Gasteiger charge is -2.18. The fourth-order valence-corrected chi connectivity index (χ4v) is 8.07. The van der Waals surface area contributed by atoms with Crippen LogP contribution in [0.3, 0.4) is 0 Å². The van der Waals surface area contributed by atoms with E-state index in [1.807, 2.05) is 63.2 Å². The standard InChI is InChI=1S/C29H31N7O4.C28H29ClN6O2/c1-29(2,3)24-17-26(36(35-24)20-7-5-6-18(14-20)15-25(30)37)34-28(39)33-19-8-10-21(11-9-19)40-22-12-13-32-23(16-22)27(38)31-4;1-28(2,3)25-14-26(35(34-25)22-8-7-19-15-30-10-9-18(19)11-22)33-27(36)32-21-5-4-6-23(13-21)37-24-12-20(29)16-31-17-24/h5-14,16-17H,15H2,1-4H3,(H2,30,37)(H,31,38)(H2,33,34,39);4-8,11-14,16-17,30H,9-10,15H2,1-3H3,(H2,32,33,36). The smallest absolute Gasteiger partial charge is 0.324 e. The highest BCUT2D eigenvalue weighted by Gasteiger charge is 2.24. The van der Waals surface area contributed by atoms with Gasteiger partial charge in [-0.15, -0.1) is 0 Å². The Kier molecular flexibility index (Phi) is 16.6. The predicted molar refractivity (Wildman–Crippen MR) is 298 cm³/mol. The number of carbonyl (C=O) groups is 4. The second-order valence-corrected chi connectivity index (χ2v) is 20.5. The molecular weight excluding hydrogens is 998 g/mol. The third-order valence-electron chi connectivity index (χ3n) is 11.8. The van der Waals surface area contributed by atoms with E-state index in [9.17, 15) is 19.2 Å². The Balaban J connectivity index is 0.000000204. The van der Waals surface area contributed by atoms with E-state index in [2.05, 4.69) is 74.8 Å². The fourth-order valence-electron chi connectivity index (χ4n) is 7.91. The van der Waals surface area contributed by atoms with Gasteiger partial charge in [0.05, 0.1) is 40.4 Å². The van der Waals surface area contributed by atoms with Gasteiger partial charge in [-0.25, -0.2) is 19.0 Å². The summed E-state index contributed by atoms with van der Waals surface area (Å²) in [5.41, 5.74) is 12.9. The third kappa shape index (κ3) is 14.6. The van der Waals surface area contributed by atoms with Gasteiger partial charge in [0.25, 0.3) is 5.91 Å². The van der Waals surface area contributed by atoms with Gasteiger partial charge >= 0.3 is 12.1 Å². The second-order valence-electron chi connectivity index (χ2n) is 20.1. The maximum atomic E-state index is 13.0. The fraction of sp³-hybridized carbons (Fsp3) is 0.228. The minimum atomic E-state index is -0.465. The van der Waals surface area contributed by atoms with Crippen LogP contribution in [0, 0.1) is 0 Å². The van der Waals surface area contributed by atoms with Gasteiger partial charge in [-0.2, -0.15) is 10.2 Å². The quantitative estimate of drug-likeness (QED) is 0.0572. The van der Waals surface area contributed by atoms with Crippen molar-refractivity contribution in [3.8, 4) is 34.4 Å². The van der Waals surface area contributed by atoms with Crippen LogP contribution in [0.2, 0.25) is 5.02 Å². The molecule has 1 aliphatic rings. The molecule has 9 rings (SSSR count). The summed E-state index contributed by atoms with van der Waals surface area (Å²) in [6, 6.07) is 35.2. The molecule has 0 atom stereocenters. The van der Waals surface area contributed by atoms with E-state index in [-0.39, 0.29) is 34.9 Å². The van der Waals surface area contributed by atoms with Crippen molar-refractivity contribution in [1.29, 1.82) is 0 Å². The normalized spacial score (nSPS) is 12.0. The van der Waals surface area contributed by atoms with Crippen LogP contribution in [0.5, 0.6) is 23.0 Å². The lowest BCUT2D eigenvalue weighted by Crippen LogP contribution is -2.24. The summed E-state index contributed by atoms with van der Waals surface area (Å²) >= 11 is 5.99. The first-order chi connectivity index (χ1) is 36.8. The molecular formula is C57H60ClN13O6. The average Bonchev–Trinajstić information content (AvgIpc) is 4.06. The minimum absolute atomic E-state index is 0.0978. The number of anilines is 4. The van der Waals surface area contributed by atoms with Crippen LogP contribution in [-0.2, 0) is 35.0 Å². The van der Waals surface area contributed by atoms with E-state index >= 15 is 0 Å². The summed E-state index contributed by atoms with van der Waals surface area (Å²) < 4.78 is 15.1. The van der Waals surface area contributed by atoms with E-state index in [1.165, 1.54) is 36.6 Å². The summed E-state index contributed by atoms with van der Waals surface area (Å²) in [5, 5.41) is 27.5. The molecule has 4 aromatic carbocycles. The Hall–Kier alpha value is -9.07. The van der Waals surface area contributed by atoms with Crippen molar-refractivity contribution in [2.45, 2.75) is 71.8 Å². The van der Waals surface area contributed by atoms with Gasteiger partial charge in [-0.05, 0) is 96.4 Å². The predicted octanol–water partition coefficient (Wildman–Crippen LogP) is 10.7. The number of primary amides is 1. The lowest BCUT2D eigenvalue weighted by atomic mass is 9.92. The first kappa shape index (κ1) is 54.2. The summed E-state index contributed by atoms with van der Waals surface area (Å²) in [5.74, 6) is 2.33. The van der Waals surface area contributed by atoms with Crippen LogP contribution >= 0.6 is 11.6 Å². The number of aromatic nitrogens is 6. The molecule has 396 valence electrons. The number of pyridine rings is 2. The molecule has 0 spiro atoms. The molecule has 0 radical (unpaired) electrons. The molecule has 20 heteroatoms. The highest BCUT2D eigenvalue weighted by molar-refractivity contribution is 6.30. The van der Waals surface area contributed by atoms with E-state index in [1.54, 1.807) is 76.2 Å². The average molecular weight is 1060 g/mol. The van der Waals surface area contributed by atoms with Crippen molar-refractivity contribution in [3.05, 3.63) is 179 Å². The number of nitrogens with one attached hydrogen (secondary N) is 6. The Labute approximate surface area is 451 Å². The molecule has 1 aliphatic heterocycles. The Morgan fingerprint density at radius 2 is 1.29 bits per heavy atom. The molecule has 6 amide bonds. The van der Waals surface area contributed by atoms with Gasteiger partial charge in [0, 0.05) is 78.5 Å². The maximum absolute atomic E-state index is 13.0. The molecule has 8 N–H and O–H groups in total. The highest BCUT2D eigenvalue weighted by atomic mass is 35.5. The van der Waals surface area contributed by atoms with Crippen LogP contribution in [0.1, 0.15) is 80.1 Å². The first-order valence-corrected chi connectivity index (χ1v) is 25.1. The number of rotatable bonds is 13. The molecule has 8 aromatic rings. The van der Waals surface area contributed by atoms with Gasteiger partial charge in [0.1, 0.15) is 40.3 Å². The number of amides is 6. The number of nitrogens with two attached hydrogens (primary N) is 1. The molecule has 0 saturated heterocycles. The molecule has 19 nitrogen and oxygen atoms in total. The van der Waals surface area contributed by atoms with Crippen molar-refractivity contribution >= 4 is 58.5 Å². The number of carbonyl (C=O) groups excluding carboxylic acids is 4. The Morgan fingerprint density at radius 1 is 0.649 bits per heavy atom. The van der Waals surface area contributed by atoms with Gasteiger partial charge in [-0.3, -0.25) is 30.2 Å². The van der Waals surface area contributed by atoms with E-state index in [4.69, 9.17) is 37.0 Å². The highest BCUT2D eigenvalue weighted by Crippen LogP contribution is 2.31. The zero-order chi connectivity index (χ0) is 54.9. The van der Waals surface area contributed by atoms with Gasteiger partial charge in [0.15, 0.2) is 0 Å². The summed E-state index contributed by atoms with van der Waals surface area (Å²) in [6.07, 6.45) is 5.66. The number of hydrogen-bond donors (Lipinski definition) is 7. The third-order valence-corrected chi connectivity index (χ3v) is 12.0. The minimum Gasteiger partial charge on any atom is -0.457 e. The molecule has 0 saturated carbocycles. The number of benzene rings is 4. The van der Waals surface area contributed by atoms with Crippen LogP contribution in [0.25, 0.3) is 11.4 Å². The van der Waals surface area contributed by atoms with Crippen molar-refractivity contribution in [1.82, 2.24) is 40.2 Å². The van der Waals surface area contributed by atoms with E-state index < -0.39 is 11.9 Å². The van der Waals surface area contributed by atoms with Gasteiger partial charge in [0.2, 0.25) is 5.91 Å². The number of halogens is 1. The largest absolute Gasteiger partial charge is 0.457 e. The first-order valence-electron chi connectivity index (χ1n) is 24.7. The Bertz CT molecular complexity index is 3430. The zero-order valence-electron chi connectivity index (χ0n) is 43.7. The van der Waals surface area contributed by atoms with E-state index in [0.29, 0.717) is 56.7 Å². The van der Waals surface area contributed by atoms with Crippen LogP contribution in [0.15, 0.2) is 140 Å². The molecule has 0 aliphatic carbocycles. The van der Waals surface area contributed by atoms with Crippen LogP contribution in [0.4, 0.5) is 32.6 Å². The number of urea groups is 2. The maximum Gasteiger partial charge on any atom is 0.324 e. The molecule has 0 fully saturated rings. The molecule has 0 bridgehead atoms. The molecule has 5 heterocycles. The van der Waals surface area contributed by atoms with Crippen molar-refractivity contribution < 1.29 is 28.7 Å². The Morgan fingerprint density at radius 3 is 1.94 bits per heavy atom. The topological polar surface area (TPSA) is 246 Å². The van der Waals surface area contributed by atoms with Gasteiger partial charge < -0.3 is 36.5 Å². The van der Waals surface area contributed by atoms with E-state index in [0.717, 1.165) is 42.1 Å². The van der Waals surface area contributed by atoms with Crippen molar-refractivity contribution in [2.24, 2.45) is 5.73 Å². The lowest BCUT2D eigenvalue weighted by molar-refractivity contribution is -0.117. The number of hydrogen-bond acceptors (Lipinski definition) is 11. The SMILES string of the molecule is CC(C)(C)c1cc(NC(=O)Nc2cccc(Oc3cncc(Cl)c3)c2)n(-c2ccc3c(c2)CCNC3)n1.CNC(=O)c1cc(Oc2ccc(NC(=O)Nc3cc(C(C)(C)C)nn3-c3cccc(CC(N)=O)c3)cc2)ccn1. The summed E-state index contributed by atoms with van der Waals surface area (Å²) in [7, 11) is 1.53. The summed E-state index contributed by atoms with van der Waals surface area (Å²) in [4.78, 5) is 57.2. The number of ether oxygens (including phenoxy) is 2. The van der Waals surface area contributed by atoms with Crippen LogP contribution in [-0.4, -0.2) is 67.0 Å². The monoisotopic (exact) mass is 1060 g/mol. The second kappa shape index (κ2) is 23.6. The van der Waals surface area contributed by atoms with Crippen molar-refractivity contribution in [2.75, 3.05) is 34.9 Å². The molecule has 4 aromatic heterocycles. The number of fused-ring (bicyclic) bond motifs is 1. The molecule has 77 heavy (non-hydrogen) atoms.